The van der Waals surface area contributed by atoms with E-state index in [-0.39, 0.29) is 11.8 Å². The lowest BCUT2D eigenvalue weighted by Gasteiger charge is -2.37. The van der Waals surface area contributed by atoms with Crippen LogP contribution in [-0.4, -0.2) is 49.6 Å². The van der Waals surface area contributed by atoms with E-state index in [4.69, 9.17) is 4.74 Å². The molecule has 2 aliphatic rings. The zero-order valence-corrected chi connectivity index (χ0v) is 13.3. The Balaban J connectivity index is 1.92. The number of piperidine rings is 1. The van der Waals surface area contributed by atoms with Gasteiger partial charge in [-0.25, -0.2) is 0 Å². The fourth-order valence-electron chi connectivity index (χ4n) is 3.22. The van der Waals surface area contributed by atoms with E-state index in [9.17, 15) is 9.59 Å². The Hall–Kier alpha value is -1.10. The number of carbonyl (C=O) groups is 2. The lowest BCUT2D eigenvalue weighted by Crippen LogP contribution is -2.51. The number of nitrogens with one attached hydrogen (secondary N) is 1. The van der Waals surface area contributed by atoms with Crippen LogP contribution in [0.2, 0.25) is 0 Å². The normalized spacial score (nSPS) is 23.7. The largest absolute Gasteiger partial charge is 0.385 e. The van der Waals surface area contributed by atoms with E-state index in [1.165, 1.54) is 6.42 Å². The van der Waals surface area contributed by atoms with Gasteiger partial charge in [0.05, 0.1) is 0 Å². The number of hydrogen-bond acceptors (Lipinski definition) is 3. The highest BCUT2D eigenvalue weighted by Gasteiger charge is 2.58. The predicted molar refractivity (Wildman–Crippen MR) is 80.8 cm³/mol. The van der Waals surface area contributed by atoms with Crippen molar-refractivity contribution < 1.29 is 14.3 Å². The van der Waals surface area contributed by atoms with Crippen LogP contribution in [0.5, 0.6) is 0 Å². The van der Waals surface area contributed by atoms with Crippen LogP contribution in [0.25, 0.3) is 0 Å². The van der Waals surface area contributed by atoms with Crippen molar-refractivity contribution in [1.29, 1.82) is 0 Å². The first-order chi connectivity index (χ1) is 10.2. The highest BCUT2D eigenvalue weighted by atomic mass is 16.5. The van der Waals surface area contributed by atoms with Gasteiger partial charge in [-0.2, -0.15) is 0 Å². The quantitative estimate of drug-likeness (QED) is 0.575. The third-order valence-corrected chi connectivity index (χ3v) is 4.76. The second kappa shape index (κ2) is 7.25. The van der Waals surface area contributed by atoms with Crippen LogP contribution in [-0.2, 0) is 14.3 Å². The number of methoxy groups -OCH3 is 1. The van der Waals surface area contributed by atoms with Crippen molar-refractivity contribution in [2.75, 3.05) is 26.8 Å². The fourth-order valence-corrected chi connectivity index (χ4v) is 3.22. The van der Waals surface area contributed by atoms with Gasteiger partial charge in [0.15, 0.2) is 0 Å². The average Bonchev–Trinajstić information content (AvgIpc) is 3.32. The average molecular weight is 296 g/mol. The third kappa shape index (κ3) is 3.57. The molecule has 2 fully saturated rings. The zero-order chi connectivity index (χ0) is 15.3. The van der Waals surface area contributed by atoms with Gasteiger partial charge in [0.2, 0.25) is 11.8 Å². The van der Waals surface area contributed by atoms with Crippen molar-refractivity contribution in [1.82, 2.24) is 10.2 Å². The Labute approximate surface area is 127 Å². The van der Waals surface area contributed by atoms with E-state index in [0.29, 0.717) is 32.0 Å². The molecular formula is C16H28N2O3. The molecule has 0 aromatic rings. The summed E-state index contributed by atoms with van der Waals surface area (Å²) in [4.78, 5) is 27.2. The predicted octanol–water partition coefficient (Wildman–Crippen LogP) is 1.71. The Kier molecular flexibility index (Phi) is 5.62. The van der Waals surface area contributed by atoms with Crippen LogP contribution < -0.4 is 5.32 Å². The number of likely N-dealkylation sites (tertiary alicyclic amines) is 1. The molecule has 5 nitrogen and oxygen atoms in total. The van der Waals surface area contributed by atoms with Crippen molar-refractivity contribution in [3.8, 4) is 0 Å². The monoisotopic (exact) mass is 296 g/mol. The molecule has 1 aliphatic carbocycles. The molecule has 1 aliphatic heterocycles. The number of hydrogen-bond donors (Lipinski definition) is 1. The minimum atomic E-state index is -0.752. The summed E-state index contributed by atoms with van der Waals surface area (Å²) in [5, 5.41) is 2.91. The van der Waals surface area contributed by atoms with Crippen LogP contribution in [0, 0.1) is 5.41 Å². The molecule has 1 heterocycles. The van der Waals surface area contributed by atoms with Crippen LogP contribution in [0.15, 0.2) is 0 Å². The van der Waals surface area contributed by atoms with Crippen LogP contribution in [0.4, 0.5) is 0 Å². The molecule has 0 aromatic carbocycles. The summed E-state index contributed by atoms with van der Waals surface area (Å²) in [7, 11) is 1.65. The van der Waals surface area contributed by atoms with Gasteiger partial charge < -0.3 is 15.0 Å². The lowest BCUT2D eigenvalue weighted by atomic mass is 9.95. The van der Waals surface area contributed by atoms with E-state index < -0.39 is 5.41 Å². The highest BCUT2D eigenvalue weighted by Crippen LogP contribution is 2.48. The lowest BCUT2D eigenvalue weighted by molar-refractivity contribution is -0.147. The first-order valence-electron chi connectivity index (χ1n) is 8.24. The Morgan fingerprint density at radius 1 is 1.33 bits per heavy atom. The molecule has 1 saturated heterocycles. The second-order valence-electron chi connectivity index (χ2n) is 6.24. The summed E-state index contributed by atoms with van der Waals surface area (Å²) in [6.45, 7) is 4.15. The van der Waals surface area contributed by atoms with Gasteiger partial charge in [-0.3, -0.25) is 9.59 Å². The smallest absolute Gasteiger partial charge is 0.238 e. The minimum absolute atomic E-state index is 0.0679. The van der Waals surface area contributed by atoms with Crippen molar-refractivity contribution >= 4 is 11.8 Å². The maximum absolute atomic E-state index is 12.8. The van der Waals surface area contributed by atoms with Gasteiger partial charge in [0, 0.05) is 32.8 Å². The molecular weight excluding hydrogens is 268 g/mol. The van der Waals surface area contributed by atoms with Crippen molar-refractivity contribution in [3.63, 3.8) is 0 Å². The molecule has 2 rings (SSSR count). The van der Waals surface area contributed by atoms with E-state index in [1.54, 1.807) is 7.11 Å². The number of amides is 2. The summed E-state index contributed by atoms with van der Waals surface area (Å²) in [6, 6.07) is 0.324. The number of nitrogens with zero attached hydrogens (tertiary/aromatic N) is 1. The van der Waals surface area contributed by atoms with E-state index >= 15 is 0 Å². The van der Waals surface area contributed by atoms with Gasteiger partial charge in [-0.05, 0) is 44.9 Å². The molecule has 120 valence electrons. The number of ether oxygens (including phenoxy) is 1. The Bertz CT molecular complexity index is 380. The summed E-state index contributed by atoms with van der Waals surface area (Å²) in [6.07, 6.45) is 6.51. The van der Waals surface area contributed by atoms with Gasteiger partial charge >= 0.3 is 0 Å². The number of rotatable bonds is 7. The molecule has 21 heavy (non-hydrogen) atoms. The molecule has 1 unspecified atom stereocenters. The second-order valence-corrected chi connectivity index (χ2v) is 6.24. The highest BCUT2D eigenvalue weighted by molar-refractivity contribution is 6.08. The molecule has 2 amide bonds. The standard InChI is InChI=1S/C16H28N2O3/c1-3-13-7-4-5-11-18(13)15(20)16(8-9-16)14(19)17-10-6-12-21-2/h13H,3-12H2,1-2H3,(H,17,19). The first-order valence-corrected chi connectivity index (χ1v) is 8.24. The van der Waals surface area contributed by atoms with Crippen molar-refractivity contribution in [3.05, 3.63) is 0 Å². The molecule has 5 heteroatoms. The summed E-state index contributed by atoms with van der Waals surface area (Å²) < 4.78 is 4.97. The van der Waals surface area contributed by atoms with E-state index in [0.717, 1.165) is 32.2 Å². The third-order valence-electron chi connectivity index (χ3n) is 4.76. The van der Waals surface area contributed by atoms with Crippen LogP contribution in [0.1, 0.15) is 51.9 Å². The summed E-state index contributed by atoms with van der Waals surface area (Å²) in [5.41, 5.74) is -0.752. The summed E-state index contributed by atoms with van der Waals surface area (Å²) >= 11 is 0. The van der Waals surface area contributed by atoms with Crippen LogP contribution >= 0.6 is 0 Å². The van der Waals surface area contributed by atoms with Crippen molar-refractivity contribution in [2.24, 2.45) is 5.41 Å². The van der Waals surface area contributed by atoms with E-state index in [2.05, 4.69) is 12.2 Å². The first kappa shape index (κ1) is 16.3. The van der Waals surface area contributed by atoms with E-state index in [1.807, 2.05) is 4.90 Å². The van der Waals surface area contributed by atoms with Gasteiger partial charge in [0.1, 0.15) is 5.41 Å². The molecule has 1 saturated carbocycles. The molecule has 0 spiro atoms. The molecule has 1 atom stereocenters. The summed E-state index contributed by atoms with van der Waals surface area (Å²) in [5.74, 6) is -0.0117. The van der Waals surface area contributed by atoms with Crippen LogP contribution in [0.3, 0.4) is 0 Å². The van der Waals surface area contributed by atoms with Crippen molar-refractivity contribution in [2.45, 2.75) is 57.9 Å². The van der Waals surface area contributed by atoms with Gasteiger partial charge in [-0.15, -0.1) is 0 Å². The SMILES string of the molecule is CCC1CCCCN1C(=O)C1(C(=O)NCCCOC)CC1. The molecule has 0 aromatic heterocycles. The molecule has 1 N–H and O–H groups in total. The molecule has 0 bridgehead atoms. The van der Waals surface area contributed by atoms with Gasteiger partial charge in [-0.1, -0.05) is 6.92 Å². The topological polar surface area (TPSA) is 58.6 Å². The number of carbonyl (C=O) groups excluding carboxylic acids is 2. The molecule has 0 radical (unpaired) electrons. The maximum Gasteiger partial charge on any atom is 0.238 e. The Morgan fingerprint density at radius 2 is 2.10 bits per heavy atom. The zero-order valence-electron chi connectivity index (χ0n) is 13.3. The maximum atomic E-state index is 12.8. The minimum Gasteiger partial charge on any atom is -0.385 e. The Morgan fingerprint density at radius 3 is 2.71 bits per heavy atom. The van der Waals surface area contributed by atoms with Gasteiger partial charge in [0.25, 0.3) is 0 Å². The fraction of sp³-hybridized carbons (Fsp3) is 0.875.